The van der Waals surface area contributed by atoms with Crippen LogP contribution in [-0.4, -0.2) is 23.4 Å². The van der Waals surface area contributed by atoms with Gasteiger partial charge in [0, 0.05) is 17.2 Å². The van der Waals surface area contributed by atoms with Gasteiger partial charge in [0.1, 0.15) is 11.5 Å². The van der Waals surface area contributed by atoms with Gasteiger partial charge in [0.15, 0.2) is 0 Å². The SMILES string of the molecule is COc1cc(O)ccc1C1(N)CCC(O)CC1. The van der Waals surface area contributed by atoms with Gasteiger partial charge in [-0.25, -0.2) is 0 Å². The minimum atomic E-state index is -0.460. The van der Waals surface area contributed by atoms with Crippen LogP contribution in [0.5, 0.6) is 11.5 Å². The van der Waals surface area contributed by atoms with Crippen LogP contribution in [0.15, 0.2) is 18.2 Å². The summed E-state index contributed by atoms with van der Waals surface area (Å²) >= 11 is 0. The second-order valence-corrected chi connectivity index (χ2v) is 4.77. The largest absolute Gasteiger partial charge is 0.508 e. The average Bonchev–Trinajstić information content (AvgIpc) is 2.33. The number of benzene rings is 1. The molecule has 0 saturated heterocycles. The second-order valence-electron chi connectivity index (χ2n) is 4.77. The van der Waals surface area contributed by atoms with E-state index in [1.807, 2.05) is 6.07 Å². The highest BCUT2D eigenvalue weighted by molar-refractivity contribution is 5.44. The van der Waals surface area contributed by atoms with Gasteiger partial charge in [0.2, 0.25) is 0 Å². The molecule has 0 unspecified atom stereocenters. The summed E-state index contributed by atoms with van der Waals surface area (Å²) in [6.45, 7) is 0. The first-order valence-electron chi connectivity index (χ1n) is 5.89. The summed E-state index contributed by atoms with van der Waals surface area (Å²) in [6, 6.07) is 5.01. The molecule has 17 heavy (non-hydrogen) atoms. The fourth-order valence-corrected chi connectivity index (χ4v) is 2.48. The lowest BCUT2D eigenvalue weighted by Crippen LogP contribution is -2.41. The van der Waals surface area contributed by atoms with E-state index < -0.39 is 5.54 Å². The monoisotopic (exact) mass is 237 g/mol. The summed E-state index contributed by atoms with van der Waals surface area (Å²) in [4.78, 5) is 0. The Morgan fingerprint density at radius 1 is 1.35 bits per heavy atom. The number of hydrogen-bond donors (Lipinski definition) is 3. The molecule has 0 radical (unpaired) electrons. The zero-order valence-electron chi connectivity index (χ0n) is 10.0. The highest BCUT2D eigenvalue weighted by Gasteiger charge is 2.34. The molecule has 1 aliphatic rings. The van der Waals surface area contributed by atoms with Crippen molar-refractivity contribution in [3.8, 4) is 11.5 Å². The van der Waals surface area contributed by atoms with E-state index in [0.29, 0.717) is 18.6 Å². The number of nitrogens with two attached hydrogens (primary N) is 1. The van der Waals surface area contributed by atoms with Crippen LogP contribution in [0.2, 0.25) is 0 Å². The lowest BCUT2D eigenvalue weighted by Gasteiger charge is -2.36. The average molecular weight is 237 g/mol. The minimum absolute atomic E-state index is 0.171. The zero-order chi connectivity index (χ0) is 12.5. The first kappa shape index (κ1) is 12.2. The third kappa shape index (κ3) is 2.37. The standard InChI is InChI=1S/C13H19NO3/c1-17-12-8-10(16)2-3-11(12)13(14)6-4-9(15)5-7-13/h2-3,8-9,15-16H,4-7,14H2,1H3. The molecule has 0 atom stereocenters. The molecule has 0 amide bonds. The number of methoxy groups -OCH3 is 1. The number of aliphatic hydroxyl groups excluding tert-OH is 1. The van der Waals surface area contributed by atoms with Crippen molar-refractivity contribution < 1.29 is 14.9 Å². The van der Waals surface area contributed by atoms with Crippen molar-refractivity contribution in [3.05, 3.63) is 23.8 Å². The Hall–Kier alpha value is -1.26. The van der Waals surface area contributed by atoms with Crippen LogP contribution in [0.1, 0.15) is 31.2 Å². The Morgan fingerprint density at radius 2 is 2.00 bits per heavy atom. The van der Waals surface area contributed by atoms with Gasteiger partial charge in [-0.1, -0.05) is 0 Å². The molecule has 1 aliphatic carbocycles. The number of aliphatic hydroxyl groups is 1. The zero-order valence-corrected chi connectivity index (χ0v) is 10.0. The third-order valence-electron chi connectivity index (χ3n) is 3.57. The Kier molecular flexibility index (Phi) is 3.26. The molecule has 1 saturated carbocycles. The van der Waals surface area contributed by atoms with Gasteiger partial charge in [0.05, 0.1) is 13.2 Å². The highest BCUT2D eigenvalue weighted by Crippen LogP contribution is 2.40. The second kappa shape index (κ2) is 4.55. The van der Waals surface area contributed by atoms with E-state index in [9.17, 15) is 10.2 Å². The van der Waals surface area contributed by atoms with Gasteiger partial charge in [0.25, 0.3) is 0 Å². The molecule has 94 valence electrons. The van der Waals surface area contributed by atoms with Crippen molar-refractivity contribution in [2.75, 3.05) is 7.11 Å². The molecule has 0 bridgehead atoms. The number of rotatable bonds is 2. The van der Waals surface area contributed by atoms with E-state index >= 15 is 0 Å². The highest BCUT2D eigenvalue weighted by atomic mass is 16.5. The summed E-state index contributed by atoms with van der Waals surface area (Å²) in [5, 5.41) is 19.0. The molecular weight excluding hydrogens is 218 g/mol. The Balaban J connectivity index is 2.32. The molecule has 0 heterocycles. The summed E-state index contributed by atoms with van der Waals surface area (Å²) < 4.78 is 5.27. The third-order valence-corrected chi connectivity index (χ3v) is 3.57. The Bertz CT molecular complexity index is 398. The van der Waals surface area contributed by atoms with Gasteiger partial charge in [-0.2, -0.15) is 0 Å². The van der Waals surface area contributed by atoms with Gasteiger partial charge in [-0.05, 0) is 37.8 Å². The molecule has 0 spiro atoms. The summed E-state index contributed by atoms with van der Waals surface area (Å²) in [5.41, 5.74) is 6.84. The summed E-state index contributed by atoms with van der Waals surface area (Å²) in [6.07, 6.45) is 2.64. The quantitative estimate of drug-likeness (QED) is 0.728. The van der Waals surface area contributed by atoms with Crippen LogP contribution < -0.4 is 10.5 Å². The van der Waals surface area contributed by atoms with E-state index in [0.717, 1.165) is 18.4 Å². The van der Waals surface area contributed by atoms with Crippen LogP contribution in [0.3, 0.4) is 0 Å². The van der Waals surface area contributed by atoms with E-state index in [1.165, 1.54) is 0 Å². The van der Waals surface area contributed by atoms with Crippen LogP contribution in [-0.2, 0) is 5.54 Å². The van der Waals surface area contributed by atoms with Crippen molar-refractivity contribution in [1.29, 1.82) is 0 Å². The maximum atomic E-state index is 9.53. The number of phenols is 1. The van der Waals surface area contributed by atoms with Crippen molar-refractivity contribution >= 4 is 0 Å². The lowest BCUT2D eigenvalue weighted by atomic mass is 9.76. The van der Waals surface area contributed by atoms with Crippen molar-refractivity contribution in [2.45, 2.75) is 37.3 Å². The number of aromatic hydroxyl groups is 1. The van der Waals surface area contributed by atoms with Crippen LogP contribution in [0, 0.1) is 0 Å². The fourth-order valence-electron chi connectivity index (χ4n) is 2.48. The van der Waals surface area contributed by atoms with E-state index in [2.05, 4.69) is 0 Å². The van der Waals surface area contributed by atoms with Crippen molar-refractivity contribution in [3.63, 3.8) is 0 Å². The first-order valence-corrected chi connectivity index (χ1v) is 5.89. The first-order chi connectivity index (χ1) is 8.05. The predicted octanol–water partition coefficient (Wildman–Crippen LogP) is 1.49. The Labute approximate surface area is 101 Å². The lowest BCUT2D eigenvalue weighted by molar-refractivity contribution is 0.0960. The normalized spacial score (nSPS) is 29.0. The van der Waals surface area contributed by atoms with Gasteiger partial charge in [-0.15, -0.1) is 0 Å². The molecule has 4 N–H and O–H groups in total. The van der Waals surface area contributed by atoms with Gasteiger partial charge >= 0.3 is 0 Å². The molecule has 1 aromatic carbocycles. The molecular formula is C13H19NO3. The van der Waals surface area contributed by atoms with E-state index in [1.54, 1.807) is 19.2 Å². The number of phenolic OH excluding ortho intramolecular Hbond substituents is 1. The smallest absolute Gasteiger partial charge is 0.127 e. The van der Waals surface area contributed by atoms with Crippen LogP contribution in [0.25, 0.3) is 0 Å². The molecule has 2 rings (SSSR count). The number of ether oxygens (including phenoxy) is 1. The predicted molar refractivity (Wildman–Crippen MR) is 65.0 cm³/mol. The van der Waals surface area contributed by atoms with E-state index in [4.69, 9.17) is 10.5 Å². The van der Waals surface area contributed by atoms with Crippen LogP contribution >= 0.6 is 0 Å². The fraction of sp³-hybridized carbons (Fsp3) is 0.538. The molecule has 1 aromatic rings. The molecule has 4 nitrogen and oxygen atoms in total. The molecule has 0 aromatic heterocycles. The molecule has 4 heteroatoms. The van der Waals surface area contributed by atoms with Gasteiger partial charge in [-0.3, -0.25) is 0 Å². The molecule has 1 fully saturated rings. The van der Waals surface area contributed by atoms with Crippen LogP contribution in [0.4, 0.5) is 0 Å². The number of hydrogen-bond acceptors (Lipinski definition) is 4. The maximum Gasteiger partial charge on any atom is 0.127 e. The maximum absolute atomic E-state index is 9.53. The van der Waals surface area contributed by atoms with E-state index in [-0.39, 0.29) is 11.9 Å². The summed E-state index contributed by atoms with van der Waals surface area (Å²) in [5.74, 6) is 0.786. The van der Waals surface area contributed by atoms with Crippen molar-refractivity contribution in [1.82, 2.24) is 0 Å². The summed E-state index contributed by atoms with van der Waals surface area (Å²) in [7, 11) is 1.57. The Morgan fingerprint density at radius 3 is 2.59 bits per heavy atom. The minimum Gasteiger partial charge on any atom is -0.508 e. The molecule has 0 aliphatic heterocycles. The van der Waals surface area contributed by atoms with Gasteiger partial charge < -0.3 is 20.7 Å². The topological polar surface area (TPSA) is 75.7 Å². The van der Waals surface area contributed by atoms with Crippen molar-refractivity contribution in [2.24, 2.45) is 5.73 Å².